The van der Waals surface area contributed by atoms with E-state index in [0.29, 0.717) is 11.6 Å². The third-order valence-electron chi connectivity index (χ3n) is 1.69. The topological polar surface area (TPSA) is 99.0 Å². The number of rotatable bonds is 4. The van der Waals surface area contributed by atoms with Gasteiger partial charge in [0.05, 0.1) is 10.7 Å². The van der Waals surface area contributed by atoms with E-state index < -0.39 is 5.97 Å². The average molecular weight is 238 g/mol. The minimum absolute atomic E-state index is 0.292. The third-order valence-corrected chi connectivity index (χ3v) is 2.85. The van der Waals surface area contributed by atoms with Crippen LogP contribution in [0.5, 0.6) is 0 Å². The average Bonchev–Trinajstić information content (AvgIpc) is 2.65. The van der Waals surface area contributed by atoms with Crippen molar-refractivity contribution in [2.45, 2.75) is 19.8 Å². The Bertz CT molecular complexity index is 468. The van der Waals surface area contributed by atoms with E-state index in [1.54, 1.807) is 5.38 Å². The molecule has 1 aromatic rings. The summed E-state index contributed by atoms with van der Waals surface area (Å²) in [6.07, 6.45) is 1.25. The number of hydrogen-bond donors (Lipinski definition) is 1. The van der Waals surface area contributed by atoms with Gasteiger partial charge in [-0.2, -0.15) is 0 Å². The molecule has 84 valence electrons. The number of azide groups is 1. The van der Waals surface area contributed by atoms with Crippen molar-refractivity contribution in [3.63, 3.8) is 0 Å². The highest BCUT2D eigenvalue weighted by Gasteiger charge is 2.08. The lowest BCUT2D eigenvalue weighted by Crippen LogP contribution is -1.96. The molecule has 0 fully saturated rings. The molecule has 0 unspecified atom stereocenters. The predicted octanol–water partition coefficient (Wildman–Crippen LogP) is 3.00. The Morgan fingerprint density at radius 3 is 2.88 bits per heavy atom. The van der Waals surface area contributed by atoms with E-state index in [2.05, 4.69) is 15.0 Å². The molecule has 1 aromatic heterocycles. The maximum absolute atomic E-state index is 10.7. The molecular weight excluding hydrogens is 228 g/mol. The van der Waals surface area contributed by atoms with Crippen molar-refractivity contribution in [2.24, 2.45) is 5.11 Å². The van der Waals surface area contributed by atoms with Crippen LogP contribution in [0.1, 0.15) is 30.5 Å². The van der Waals surface area contributed by atoms with Crippen molar-refractivity contribution in [3.05, 3.63) is 32.2 Å². The maximum atomic E-state index is 10.7. The first-order valence-electron chi connectivity index (χ1n) is 4.50. The van der Waals surface area contributed by atoms with Gasteiger partial charge in [-0.1, -0.05) is 19.0 Å². The number of carbonyl (C=O) groups is 1. The third kappa shape index (κ3) is 3.08. The Morgan fingerprint density at radius 2 is 2.44 bits per heavy atom. The fraction of sp³-hybridized carbons (Fsp3) is 0.333. The zero-order valence-corrected chi connectivity index (χ0v) is 9.60. The summed E-state index contributed by atoms with van der Waals surface area (Å²) in [6.45, 7) is 4.00. The summed E-state index contributed by atoms with van der Waals surface area (Å²) in [6, 6.07) is 0. The van der Waals surface area contributed by atoms with Gasteiger partial charge in [-0.05, 0) is 11.6 Å². The van der Waals surface area contributed by atoms with Gasteiger partial charge in [0.2, 0.25) is 0 Å². The number of carboxylic acid groups (broad SMARTS) is 1. The minimum atomic E-state index is -1.27. The summed E-state index contributed by atoms with van der Waals surface area (Å²) >= 11 is 1.45. The lowest BCUT2D eigenvalue weighted by molar-refractivity contribution is -0.132. The lowest BCUT2D eigenvalue weighted by atomic mass is 10.2. The summed E-state index contributed by atoms with van der Waals surface area (Å²) in [4.78, 5) is 17.3. The van der Waals surface area contributed by atoms with Gasteiger partial charge >= 0.3 is 5.97 Å². The van der Waals surface area contributed by atoms with E-state index in [1.807, 2.05) is 13.8 Å². The van der Waals surface area contributed by atoms with Gasteiger partial charge in [-0.25, -0.2) is 9.78 Å². The molecular formula is C9H10N4O2S. The van der Waals surface area contributed by atoms with Crippen LogP contribution in [0.25, 0.3) is 16.5 Å². The van der Waals surface area contributed by atoms with Crippen molar-refractivity contribution in [1.29, 1.82) is 0 Å². The number of thiazole rings is 1. The number of aliphatic carboxylic acids is 1. The van der Waals surface area contributed by atoms with Gasteiger partial charge in [0.15, 0.2) is 0 Å². The summed E-state index contributed by atoms with van der Waals surface area (Å²) < 4.78 is 0. The predicted molar refractivity (Wildman–Crippen MR) is 61.0 cm³/mol. The van der Waals surface area contributed by atoms with E-state index in [9.17, 15) is 4.79 Å². The quantitative estimate of drug-likeness (QED) is 0.377. The van der Waals surface area contributed by atoms with Crippen LogP contribution in [0, 0.1) is 0 Å². The molecule has 0 aliphatic heterocycles. The highest BCUT2D eigenvalue weighted by atomic mass is 32.1. The molecule has 0 aromatic carbocycles. The first-order chi connectivity index (χ1) is 7.54. The molecule has 0 aliphatic carbocycles. The van der Waals surface area contributed by atoms with E-state index in [-0.39, 0.29) is 5.70 Å². The van der Waals surface area contributed by atoms with Crippen molar-refractivity contribution < 1.29 is 9.90 Å². The van der Waals surface area contributed by atoms with Crippen molar-refractivity contribution in [2.75, 3.05) is 0 Å². The highest BCUT2D eigenvalue weighted by molar-refractivity contribution is 7.09. The van der Waals surface area contributed by atoms with E-state index in [1.165, 1.54) is 17.4 Å². The summed E-state index contributed by atoms with van der Waals surface area (Å²) in [5.74, 6) is -0.975. The van der Waals surface area contributed by atoms with Crippen molar-refractivity contribution in [3.8, 4) is 0 Å². The molecule has 0 radical (unpaired) electrons. The van der Waals surface area contributed by atoms with Gasteiger partial charge in [0.1, 0.15) is 5.70 Å². The second-order valence-corrected chi connectivity index (χ2v) is 4.18. The van der Waals surface area contributed by atoms with Gasteiger partial charge in [-0.15, -0.1) is 11.3 Å². The van der Waals surface area contributed by atoms with E-state index in [0.717, 1.165) is 5.01 Å². The number of aromatic nitrogens is 1. The molecule has 6 nitrogen and oxygen atoms in total. The largest absolute Gasteiger partial charge is 0.478 e. The molecule has 0 spiro atoms. The summed E-state index contributed by atoms with van der Waals surface area (Å²) in [7, 11) is 0. The molecule has 0 amide bonds. The molecule has 1 N–H and O–H groups in total. The Labute approximate surface area is 95.9 Å². The molecule has 0 bridgehead atoms. The van der Waals surface area contributed by atoms with Crippen LogP contribution in [0.3, 0.4) is 0 Å². The van der Waals surface area contributed by atoms with Crippen LogP contribution in [0.15, 0.2) is 16.2 Å². The second-order valence-electron chi connectivity index (χ2n) is 3.29. The SMILES string of the molecule is CC(C)c1nc(/C=C(\N=[N+]=[N-])C(=O)O)cs1. The second kappa shape index (κ2) is 5.29. The smallest absolute Gasteiger partial charge is 0.338 e. The normalized spacial score (nSPS) is 11.3. The first kappa shape index (κ1) is 12.2. The fourth-order valence-corrected chi connectivity index (χ4v) is 1.75. The molecule has 0 saturated heterocycles. The molecule has 1 heterocycles. The number of carboxylic acids is 1. The van der Waals surface area contributed by atoms with Gasteiger partial charge in [0.25, 0.3) is 0 Å². The molecule has 1 rings (SSSR count). The van der Waals surface area contributed by atoms with Crippen LogP contribution in [0.2, 0.25) is 0 Å². The first-order valence-corrected chi connectivity index (χ1v) is 5.38. The summed E-state index contributed by atoms with van der Waals surface area (Å²) in [5, 5.41) is 14.4. The van der Waals surface area contributed by atoms with Gasteiger partial charge in [-0.3, -0.25) is 0 Å². The monoisotopic (exact) mass is 238 g/mol. The summed E-state index contributed by atoms with van der Waals surface area (Å²) in [5.41, 5.74) is 8.33. The molecule has 7 heteroatoms. The van der Waals surface area contributed by atoms with Crippen LogP contribution < -0.4 is 0 Å². The Kier molecular flexibility index (Phi) is 4.04. The van der Waals surface area contributed by atoms with Crippen molar-refractivity contribution >= 4 is 23.4 Å². The van der Waals surface area contributed by atoms with Crippen LogP contribution in [-0.4, -0.2) is 16.1 Å². The lowest BCUT2D eigenvalue weighted by Gasteiger charge is -1.95. The number of hydrogen-bond acceptors (Lipinski definition) is 4. The van der Waals surface area contributed by atoms with Crippen molar-refractivity contribution in [1.82, 2.24) is 4.98 Å². The maximum Gasteiger partial charge on any atom is 0.338 e. The minimum Gasteiger partial charge on any atom is -0.478 e. The van der Waals surface area contributed by atoms with E-state index in [4.69, 9.17) is 10.6 Å². The molecule has 16 heavy (non-hydrogen) atoms. The number of nitrogens with zero attached hydrogens (tertiary/aromatic N) is 4. The standard InChI is InChI=1S/C9H10N4O2S/c1-5(2)8-11-6(4-16-8)3-7(9(14)15)12-13-10/h3-5H,1-2H3,(H,14,15)/b7-3-. The van der Waals surface area contributed by atoms with Crippen LogP contribution >= 0.6 is 11.3 Å². The van der Waals surface area contributed by atoms with Crippen LogP contribution in [0.4, 0.5) is 0 Å². The van der Waals surface area contributed by atoms with Gasteiger partial charge < -0.3 is 5.11 Å². The molecule has 0 atom stereocenters. The molecule has 0 aliphatic rings. The Balaban J connectivity index is 3.03. The Hall–Kier alpha value is -1.85. The van der Waals surface area contributed by atoms with E-state index >= 15 is 0 Å². The van der Waals surface area contributed by atoms with Crippen LogP contribution in [-0.2, 0) is 4.79 Å². The zero-order chi connectivity index (χ0) is 12.1. The molecule has 0 saturated carbocycles. The highest BCUT2D eigenvalue weighted by Crippen LogP contribution is 2.20. The Morgan fingerprint density at radius 1 is 1.75 bits per heavy atom. The zero-order valence-electron chi connectivity index (χ0n) is 8.78. The fourth-order valence-electron chi connectivity index (χ4n) is 0.954. The van der Waals surface area contributed by atoms with Gasteiger partial charge in [0, 0.05) is 16.2 Å².